The van der Waals surface area contributed by atoms with E-state index in [2.05, 4.69) is 42.1 Å². The summed E-state index contributed by atoms with van der Waals surface area (Å²) < 4.78 is 2.10. The standard InChI is InChI=1S/C31H32ClN3O2/c1-4-20(2)28(30(36)33-18-17-21-13-15-22(32)16-14-21)35-29(24-10-5-6-11-25(24)31(35)37)26-19-34(3)27-12-8-7-9-23(26)27/h5-16,19-20,28-29H,4,17-18H2,1-3H3,(H,33,36). The van der Waals surface area contributed by atoms with Gasteiger partial charge in [0.2, 0.25) is 5.91 Å². The lowest BCUT2D eigenvalue weighted by Gasteiger charge is -2.36. The number of rotatable bonds is 8. The second-order valence-corrected chi connectivity index (χ2v) is 10.3. The Morgan fingerprint density at radius 3 is 2.46 bits per heavy atom. The van der Waals surface area contributed by atoms with E-state index in [-0.39, 0.29) is 23.8 Å². The zero-order valence-corrected chi connectivity index (χ0v) is 22.2. The van der Waals surface area contributed by atoms with Crippen molar-refractivity contribution in [1.82, 2.24) is 14.8 Å². The van der Waals surface area contributed by atoms with Crippen molar-refractivity contribution in [2.24, 2.45) is 13.0 Å². The molecule has 3 atom stereocenters. The fourth-order valence-electron chi connectivity index (χ4n) is 5.50. The Bertz CT molecular complexity index is 1440. The molecule has 0 spiro atoms. The van der Waals surface area contributed by atoms with Crippen LogP contribution in [0.3, 0.4) is 0 Å². The number of halogens is 1. The molecule has 3 unspecified atom stereocenters. The van der Waals surface area contributed by atoms with Gasteiger partial charge in [-0.1, -0.05) is 80.4 Å². The molecule has 0 bridgehead atoms. The summed E-state index contributed by atoms with van der Waals surface area (Å²) >= 11 is 6.01. The number of amides is 2. The molecule has 3 aromatic carbocycles. The maximum Gasteiger partial charge on any atom is 0.255 e. The van der Waals surface area contributed by atoms with Gasteiger partial charge in [0.05, 0.1) is 6.04 Å². The third kappa shape index (κ3) is 4.64. The average Bonchev–Trinajstić information content (AvgIpc) is 3.39. The summed E-state index contributed by atoms with van der Waals surface area (Å²) in [5.41, 5.74) is 4.86. The van der Waals surface area contributed by atoms with Gasteiger partial charge in [0.1, 0.15) is 6.04 Å². The third-order valence-corrected chi connectivity index (χ3v) is 7.85. The summed E-state index contributed by atoms with van der Waals surface area (Å²) in [6, 6.07) is 22.7. The molecule has 0 saturated carbocycles. The first-order valence-corrected chi connectivity index (χ1v) is 13.3. The van der Waals surface area contributed by atoms with Crippen molar-refractivity contribution in [2.75, 3.05) is 6.54 Å². The summed E-state index contributed by atoms with van der Waals surface area (Å²) in [6.45, 7) is 4.61. The SMILES string of the molecule is CCC(C)C(C(=O)NCCc1ccc(Cl)cc1)N1C(=O)c2ccccc2C1c1cn(C)c2ccccc12. The van der Waals surface area contributed by atoms with E-state index in [9.17, 15) is 9.59 Å². The summed E-state index contributed by atoms with van der Waals surface area (Å²) in [5.74, 6) is -0.229. The highest BCUT2D eigenvalue weighted by Crippen LogP contribution is 2.44. The molecule has 0 aliphatic carbocycles. The fourth-order valence-corrected chi connectivity index (χ4v) is 5.63. The second kappa shape index (κ2) is 10.4. The van der Waals surface area contributed by atoms with Gasteiger partial charge in [-0.2, -0.15) is 0 Å². The van der Waals surface area contributed by atoms with Crippen LogP contribution in [0.5, 0.6) is 0 Å². The van der Waals surface area contributed by atoms with Gasteiger partial charge < -0.3 is 14.8 Å². The van der Waals surface area contributed by atoms with Gasteiger partial charge in [-0.15, -0.1) is 0 Å². The van der Waals surface area contributed by atoms with Crippen LogP contribution < -0.4 is 5.32 Å². The first-order valence-electron chi connectivity index (χ1n) is 12.9. The van der Waals surface area contributed by atoms with E-state index in [0.29, 0.717) is 23.6 Å². The van der Waals surface area contributed by atoms with Crippen LogP contribution in [0.25, 0.3) is 10.9 Å². The minimum atomic E-state index is -0.598. The van der Waals surface area contributed by atoms with E-state index < -0.39 is 6.04 Å². The minimum Gasteiger partial charge on any atom is -0.354 e. The molecule has 2 amide bonds. The molecular formula is C31H32ClN3O2. The number of fused-ring (bicyclic) bond motifs is 2. The molecule has 0 fully saturated rings. The van der Waals surface area contributed by atoms with Crippen molar-refractivity contribution in [3.8, 4) is 0 Å². The third-order valence-electron chi connectivity index (χ3n) is 7.60. The van der Waals surface area contributed by atoms with Crippen LogP contribution in [0.4, 0.5) is 0 Å². The predicted octanol–water partition coefficient (Wildman–Crippen LogP) is 6.15. The Morgan fingerprint density at radius 2 is 1.70 bits per heavy atom. The van der Waals surface area contributed by atoms with E-state index in [1.54, 1.807) is 0 Å². The number of para-hydroxylation sites is 1. The van der Waals surface area contributed by atoms with Crippen molar-refractivity contribution >= 4 is 34.3 Å². The van der Waals surface area contributed by atoms with Gasteiger partial charge in [-0.05, 0) is 47.7 Å². The average molecular weight is 514 g/mol. The Morgan fingerprint density at radius 1 is 1.00 bits per heavy atom. The largest absolute Gasteiger partial charge is 0.354 e. The Labute approximate surface area is 223 Å². The van der Waals surface area contributed by atoms with Crippen molar-refractivity contribution in [1.29, 1.82) is 0 Å². The molecule has 190 valence electrons. The van der Waals surface area contributed by atoms with Gasteiger partial charge in [0.25, 0.3) is 5.91 Å². The van der Waals surface area contributed by atoms with Gasteiger partial charge in [-0.25, -0.2) is 0 Å². The quantitative estimate of drug-likeness (QED) is 0.307. The lowest BCUT2D eigenvalue weighted by Crippen LogP contribution is -2.52. The molecule has 1 aromatic heterocycles. The summed E-state index contributed by atoms with van der Waals surface area (Å²) in [7, 11) is 2.02. The van der Waals surface area contributed by atoms with Gasteiger partial charge in [0.15, 0.2) is 0 Å². The molecule has 1 aliphatic heterocycles. The summed E-state index contributed by atoms with van der Waals surface area (Å²) in [4.78, 5) is 29.6. The molecule has 5 rings (SSSR count). The molecule has 4 aromatic rings. The van der Waals surface area contributed by atoms with Crippen LogP contribution in [0.2, 0.25) is 5.02 Å². The monoisotopic (exact) mass is 513 g/mol. The molecule has 1 N–H and O–H groups in total. The molecule has 0 saturated heterocycles. The number of nitrogens with zero attached hydrogens (tertiary/aromatic N) is 2. The van der Waals surface area contributed by atoms with Gasteiger partial charge in [-0.3, -0.25) is 9.59 Å². The maximum absolute atomic E-state index is 13.9. The maximum atomic E-state index is 13.9. The number of benzene rings is 3. The van der Waals surface area contributed by atoms with Crippen molar-refractivity contribution in [3.63, 3.8) is 0 Å². The molecule has 2 heterocycles. The second-order valence-electron chi connectivity index (χ2n) is 9.91. The first-order chi connectivity index (χ1) is 17.9. The van der Waals surface area contributed by atoms with E-state index in [4.69, 9.17) is 11.6 Å². The predicted molar refractivity (Wildman–Crippen MR) is 149 cm³/mol. The van der Waals surface area contributed by atoms with Crippen LogP contribution in [0.1, 0.15) is 53.4 Å². The van der Waals surface area contributed by atoms with Crippen LogP contribution in [0, 0.1) is 5.92 Å². The molecule has 5 nitrogen and oxygen atoms in total. The highest BCUT2D eigenvalue weighted by molar-refractivity contribution is 6.30. The van der Waals surface area contributed by atoms with Crippen molar-refractivity contribution in [2.45, 2.75) is 38.8 Å². The lowest BCUT2D eigenvalue weighted by atomic mass is 9.92. The Balaban J connectivity index is 1.51. The van der Waals surface area contributed by atoms with Crippen molar-refractivity contribution < 1.29 is 9.59 Å². The Hall–Kier alpha value is -3.57. The van der Waals surface area contributed by atoms with Crippen LogP contribution in [-0.2, 0) is 18.3 Å². The highest BCUT2D eigenvalue weighted by atomic mass is 35.5. The normalized spacial score (nSPS) is 16.6. The van der Waals surface area contributed by atoms with E-state index in [1.807, 2.05) is 72.6 Å². The van der Waals surface area contributed by atoms with E-state index >= 15 is 0 Å². The molecule has 6 heteroatoms. The topological polar surface area (TPSA) is 54.3 Å². The highest BCUT2D eigenvalue weighted by Gasteiger charge is 2.46. The molecule has 37 heavy (non-hydrogen) atoms. The number of nitrogens with one attached hydrogen (secondary N) is 1. The van der Waals surface area contributed by atoms with Crippen LogP contribution >= 0.6 is 11.6 Å². The van der Waals surface area contributed by atoms with Gasteiger partial charge >= 0.3 is 0 Å². The minimum absolute atomic E-state index is 0.0220. The zero-order chi connectivity index (χ0) is 26.1. The van der Waals surface area contributed by atoms with Crippen LogP contribution in [0.15, 0.2) is 79.0 Å². The number of hydrogen-bond acceptors (Lipinski definition) is 2. The van der Waals surface area contributed by atoms with E-state index in [0.717, 1.165) is 34.0 Å². The number of carbonyl (C=O) groups excluding carboxylic acids is 2. The van der Waals surface area contributed by atoms with Gasteiger partial charge in [0, 0.05) is 46.8 Å². The molecular weight excluding hydrogens is 482 g/mol. The zero-order valence-electron chi connectivity index (χ0n) is 21.4. The number of hydrogen-bond donors (Lipinski definition) is 1. The Kier molecular flexibility index (Phi) is 7.07. The van der Waals surface area contributed by atoms with E-state index in [1.165, 1.54) is 0 Å². The fraction of sp³-hybridized carbons (Fsp3) is 0.290. The number of carbonyl (C=O) groups is 2. The lowest BCUT2D eigenvalue weighted by molar-refractivity contribution is -0.127. The molecule has 1 aliphatic rings. The first kappa shape index (κ1) is 25.1. The summed E-state index contributed by atoms with van der Waals surface area (Å²) in [5, 5.41) is 4.91. The number of aromatic nitrogens is 1. The van der Waals surface area contributed by atoms with Crippen LogP contribution in [-0.4, -0.2) is 33.9 Å². The van der Waals surface area contributed by atoms with Crippen molar-refractivity contribution in [3.05, 3.63) is 106 Å². The summed E-state index contributed by atoms with van der Waals surface area (Å²) in [6.07, 6.45) is 3.57. The number of aryl methyl sites for hydroxylation is 1. The molecule has 0 radical (unpaired) electrons. The smallest absolute Gasteiger partial charge is 0.255 e.